The summed E-state index contributed by atoms with van der Waals surface area (Å²) in [5.74, 6) is 0. The van der Waals surface area contributed by atoms with Crippen LogP contribution in [0.25, 0.3) is 0 Å². The van der Waals surface area contributed by atoms with Crippen molar-refractivity contribution in [3.63, 3.8) is 0 Å². The molecule has 3 radical (unpaired) electrons. The molecule has 0 bridgehead atoms. The summed E-state index contributed by atoms with van der Waals surface area (Å²) in [5, 5.41) is 0. The summed E-state index contributed by atoms with van der Waals surface area (Å²) in [4.78, 5) is 0. The van der Waals surface area contributed by atoms with Crippen LogP contribution in [0.5, 0.6) is 0 Å². The smallest absolute Gasteiger partial charge is 0.523 e. The van der Waals surface area contributed by atoms with E-state index in [0.717, 1.165) is 6.61 Å². The van der Waals surface area contributed by atoms with Crippen molar-refractivity contribution in [1.82, 2.24) is 0 Å². The Morgan fingerprint density at radius 3 is 2.00 bits per heavy atom. The maximum absolute atomic E-state index is 3.54. The normalized spacial score (nSPS) is 6.00. The maximum Gasteiger partial charge on any atom is 1.00 e. The summed E-state index contributed by atoms with van der Waals surface area (Å²) in [7, 11) is 2.91. The van der Waals surface area contributed by atoms with Gasteiger partial charge in [-0.05, 0) is 0 Å². The molecule has 0 aromatic carbocycles. The zero-order valence-corrected chi connectivity index (χ0v) is 4.65. The molecule has 1 nitrogen and oxygen atoms in total. The molecule has 0 spiro atoms. The maximum atomic E-state index is 3.54. The van der Waals surface area contributed by atoms with Crippen molar-refractivity contribution in [2.45, 2.75) is 6.92 Å². The third-order valence-electron chi connectivity index (χ3n) is 0.158. The Kier molecular flexibility index (Phi) is 16.3. The minimum Gasteiger partial charge on any atom is -0.523 e. The van der Waals surface area contributed by atoms with Crippen molar-refractivity contribution < 1.29 is 23.3 Å². The fourth-order valence-corrected chi connectivity index (χ4v) is 0. The number of rotatable bonds is 1. The van der Waals surface area contributed by atoms with Crippen LogP contribution in [0.4, 0.5) is 0 Å². The molecule has 0 aliphatic carbocycles. The number of aliphatic hydroxyl groups is 1. The predicted octanol–water partition coefficient (Wildman–Crippen LogP) is -3.38. The van der Waals surface area contributed by atoms with E-state index in [2.05, 4.69) is 14.9 Å². The van der Waals surface area contributed by atoms with Crippen LogP contribution in [0.3, 0.4) is 0 Å². The summed E-state index contributed by atoms with van der Waals surface area (Å²) in [6.45, 7) is 2.82. The van der Waals surface area contributed by atoms with E-state index in [9.17, 15) is 0 Å². The monoisotopic (exact) mass is 81.0 g/mol. The molecule has 1 N–H and O–H groups in total. The predicted molar refractivity (Wildman–Crippen MR) is 18.5 cm³/mol. The molecule has 0 aromatic heterocycles. The van der Waals surface area contributed by atoms with Crippen LogP contribution >= 0.6 is 0 Å². The summed E-state index contributed by atoms with van der Waals surface area (Å²) in [6.07, 6.45) is 0. The van der Waals surface area contributed by atoms with E-state index in [1.807, 2.05) is 6.92 Å². The topological polar surface area (TPSA) is 12.8 Å². The minimum absolute atomic E-state index is 0. The van der Waals surface area contributed by atoms with Gasteiger partial charge in [-0.1, -0.05) is 0 Å². The average molecular weight is 81.1 g/mol. The molecule has 0 atom stereocenters. The van der Waals surface area contributed by atoms with Crippen LogP contribution < -0.4 is 18.9 Å². The Morgan fingerprint density at radius 2 is 2.00 bits per heavy atom. The van der Waals surface area contributed by atoms with Crippen LogP contribution in [0, 0.1) is 0 Å². The van der Waals surface area contributed by atoms with Crippen LogP contribution in [-0.2, 0) is 0 Å². The molecule has 0 aliphatic heterocycles. The van der Waals surface area contributed by atoms with Crippen LogP contribution in [0.1, 0.15) is 6.92 Å². The van der Waals surface area contributed by atoms with E-state index in [4.69, 9.17) is 0 Å². The Hall–Kier alpha value is 0.774. The van der Waals surface area contributed by atoms with Crippen LogP contribution in [-0.4, -0.2) is 21.5 Å². The van der Waals surface area contributed by atoms with Gasteiger partial charge in [0.15, 0.2) is 0 Å². The van der Waals surface area contributed by atoms with Crippen LogP contribution in [0.2, 0.25) is 0 Å². The van der Waals surface area contributed by atoms with Crippen molar-refractivity contribution in [2.24, 2.45) is 0 Å². The van der Waals surface area contributed by atoms with Gasteiger partial charge in [-0.2, -0.15) is 0 Å². The fraction of sp³-hybridized carbons (Fsp3) is 1.00. The van der Waals surface area contributed by atoms with Gasteiger partial charge in [-0.25, -0.2) is 0 Å². The van der Waals surface area contributed by atoms with Gasteiger partial charge >= 0.3 is 29.3 Å². The van der Waals surface area contributed by atoms with Crippen LogP contribution in [0.15, 0.2) is 0 Å². The SMILES string of the molecule is CC[OH+][Si].[Li+]. The molecule has 0 aliphatic rings. The van der Waals surface area contributed by atoms with Gasteiger partial charge in [0.2, 0.25) is 0 Å². The van der Waals surface area contributed by atoms with E-state index in [1.54, 1.807) is 0 Å². The Balaban J connectivity index is 0. The molecule has 23 valence electrons. The largest absolute Gasteiger partial charge is 1.00 e. The van der Waals surface area contributed by atoms with Gasteiger partial charge in [0, 0.05) is 6.92 Å². The van der Waals surface area contributed by atoms with E-state index >= 15 is 0 Å². The standard InChI is InChI=1S/C2H6OSi.Li/c1-2-3-4;/h3H,2H2,1H3;/q2*+1. The molecular weight excluding hydrogens is 75.0 g/mol. The summed E-state index contributed by atoms with van der Waals surface area (Å²) in [6, 6.07) is 0. The van der Waals surface area contributed by atoms with E-state index in [-0.39, 0.29) is 18.9 Å². The third kappa shape index (κ3) is 11.7. The summed E-state index contributed by atoms with van der Waals surface area (Å²) >= 11 is 0. The summed E-state index contributed by atoms with van der Waals surface area (Å²) in [5.41, 5.74) is 0. The zero-order valence-electron chi connectivity index (χ0n) is 3.65. The molecule has 0 fully saturated rings. The first-order valence-electron chi connectivity index (χ1n) is 1.25. The molecule has 0 saturated carbocycles. The van der Waals surface area contributed by atoms with Crippen molar-refractivity contribution in [1.29, 1.82) is 0 Å². The first-order chi connectivity index (χ1) is 1.91. The first-order valence-corrected chi connectivity index (χ1v) is 1.69. The van der Waals surface area contributed by atoms with E-state index in [1.165, 1.54) is 0 Å². The molecule has 3 heteroatoms. The minimum atomic E-state index is 0. The van der Waals surface area contributed by atoms with Gasteiger partial charge in [0.25, 0.3) is 0 Å². The zero-order chi connectivity index (χ0) is 3.41. The quantitative estimate of drug-likeness (QED) is 0.231. The molecule has 0 rings (SSSR count). The molecule has 0 saturated heterocycles. The Labute approximate surface area is 47.8 Å². The third-order valence-corrected chi connectivity index (χ3v) is 0.474. The second-order valence-electron chi connectivity index (χ2n) is 0.474. The van der Waals surface area contributed by atoms with Gasteiger partial charge in [0.1, 0.15) is 6.61 Å². The number of hydrogen-bond donors (Lipinski definition) is 0. The molecule has 0 aromatic rings. The summed E-state index contributed by atoms with van der Waals surface area (Å²) < 4.78 is 3.54. The van der Waals surface area contributed by atoms with E-state index in [0.29, 0.717) is 0 Å². The molecular formula is C2H6LiOSi+2. The molecule has 0 heterocycles. The van der Waals surface area contributed by atoms with Crippen molar-refractivity contribution in [3.8, 4) is 0 Å². The van der Waals surface area contributed by atoms with Crippen molar-refractivity contribution in [3.05, 3.63) is 0 Å². The first kappa shape index (κ1) is 9.24. The van der Waals surface area contributed by atoms with Gasteiger partial charge in [-0.3, -0.25) is 0 Å². The Morgan fingerprint density at radius 1 is 1.80 bits per heavy atom. The van der Waals surface area contributed by atoms with Crippen molar-refractivity contribution >= 4 is 10.5 Å². The molecule has 0 unspecified atom stereocenters. The van der Waals surface area contributed by atoms with Gasteiger partial charge < -0.3 is 4.43 Å². The molecule has 0 amide bonds. The van der Waals surface area contributed by atoms with Gasteiger partial charge in [-0.15, -0.1) is 0 Å². The average Bonchev–Trinajstić information content (AvgIpc) is 1.37. The number of hydrogen-bond acceptors (Lipinski definition) is 0. The second-order valence-corrected chi connectivity index (χ2v) is 0.791. The molecule has 5 heavy (non-hydrogen) atoms. The Bertz CT molecular complexity index is 11.6. The van der Waals surface area contributed by atoms with E-state index < -0.39 is 0 Å². The fourth-order valence-electron chi connectivity index (χ4n) is 0. The van der Waals surface area contributed by atoms with Crippen molar-refractivity contribution in [2.75, 3.05) is 6.61 Å². The second kappa shape index (κ2) is 8.84. The van der Waals surface area contributed by atoms with Gasteiger partial charge in [0.05, 0.1) is 0 Å².